The monoisotopic (exact) mass is 353 g/mol. The minimum atomic E-state index is 0.172. The van der Waals surface area contributed by atoms with Crippen LogP contribution < -0.4 is 10.5 Å². The molecule has 0 bridgehead atoms. The number of ether oxygens (including phenoxy) is 1. The number of pyridine rings is 1. The molecule has 3 N–H and O–H groups in total. The molecule has 2 aliphatic rings. The normalized spacial score (nSPS) is 18.5. The highest BCUT2D eigenvalue weighted by molar-refractivity contribution is 6.15. The van der Waals surface area contributed by atoms with Gasteiger partial charge in [0.2, 0.25) is 5.88 Å². The summed E-state index contributed by atoms with van der Waals surface area (Å²) in [7, 11) is 0. The first-order valence-corrected chi connectivity index (χ1v) is 9.73. The van der Waals surface area contributed by atoms with Crippen LogP contribution in [-0.2, 0) is 6.54 Å². The fraction of sp³-hybridized carbons (Fsp3) is 0.550. The Balaban J connectivity index is 1.54. The number of aromatic nitrogens is 3. The van der Waals surface area contributed by atoms with E-state index in [-0.39, 0.29) is 6.10 Å². The summed E-state index contributed by atoms with van der Waals surface area (Å²) in [5.74, 6) is 1.21. The molecule has 2 saturated carbocycles. The molecular weight excluding hydrogens is 326 g/mol. The quantitative estimate of drug-likeness (QED) is 0.773. The van der Waals surface area contributed by atoms with E-state index < -0.39 is 0 Å². The van der Waals surface area contributed by atoms with Crippen LogP contribution in [0.3, 0.4) is 0 Å². The lowest BCUT2D eigenvalue weighted by Crippen LogP contribution is -2.22. The number of anilines is 1. The van der Waals surface area contributed by atoms with Crippen LogP contribution in [0.25, 0.3) is 0 Å². The molecule has 0 radical (unpaired) electrons. The van der Waals surface area contributed by atoms with Crippen molar-refractivity contribution in [3.63, 3.8) is 0 Å². The molecule has 26 heavy (non-hydrogen) atoms. The summed E-state index contributed by atoms with van der Waals surface area (Å²) in [4.78, 5) is 4.39. The third-order valence-electron chi connectivity index (χ3n) is 5.62. The molecule has 2 aromatic heterocycles. The standard InChI is InChI=1S/C20H27N5O/c21-17-9-10-23-20(26-16-7-2-1-3-8-16)18(17)19(22)15-11-24-25(13-15)12-14-5-4-6-14/h9-11,13-14,16,22H,1-8,12H2,(H2,21,23). The van der Waals surface area contributed by atoms with Gasteiger partial charge in [0, 0.05) is 30.2 Å². The molecule has 2 aromatic rings. The SMILES string of the molecule is N=C(c1cnn(CC2CCC2)c1)c1c(N)ccnc1OC1CCCCC1. The van der Waals surface area contributed by atoms with Crippen molar-refractivity contribution in [3.8, 4) is 5.88 Å². The summed E-state index contributed by atoms with van der Waals surface area (Å²) < 4.78 is 8.09. The average Bonchev–Trinajstić information content (AvgIpc) is 3.08. The van der Waals surface area contributed by atoms with Crippen molar-refractivity contribution in [1.29, 1.82) is 5.41 Å². The van der Waals surface area contributed by atoms with E-state index in [1.165, 1.54) is 38.5 Å². The van der Waals surface area contributed by atoms with Gasteiger partial charge in [-0.2, -0.15) is 5.10 Å². The van der Waals surface area contributed by atoms with Crippen LogP contribution >= 0.6 is 0 Å². The molecular formula is C20H27N5O. The Labute approximate surface area is 154 Å². The van der Waals surface area contributed by atoms with Gasteiger partial charge in [0.1, 0.15) is 6.10 Å². The first-order valence-electron chi connectivity index (χ1n) is 9.73. The predicted molar refractivity (Wildman–Crippen MR) is 102 cm³/mol. The number of nitrogens with one attached hydrogen (secondary N) is 1. The third-order valence-corrected chi connectivity index (χ3v) is 5.62. The fourth-order valence-corrected chi connectivity index (χ4v) is 3.81. The smallest absolute Gasteiger partial charge is 0.225 e. The lowest BCUT2D eigenvalue weighted by molar-refractivity contribution is 0.148. The molecule has 0 amide bonds. The Morgan fingerprint density at radius 1 is 1.19 bits per heavy atom. The minimum Gasteiger partial charge on any atom is -0.474 e. The number of nitrogen functional groups attached to an aromatic ring is 1. The first-order chi connectivity index (χ1) is 12.7. The van der Waals surface area contributed by atoms with Crippen molar-refractivity contribution < 1.29 is 4.74 Å². The van der Waals surface area contributed by atoms with E-state index in [2.05, 4.69) is 10.1 Å². The van der Waals surface area contributed by atoms with Gasteiger partial charge in [0.25, 0.3) is 0 Å². The Kier molecular flexibility index (Phi) is 4.91. The molecule has 6 heteroatoms. The molecule has 0 aliphatic heterocycles. The second kappa shape index (κ2) is 7.48. The summed E-state index contributed by atoms with van der Waals surface area (Å²) in [6.45, 7) is 0.932. The lowest BCUT2D eigenvalue weighted by atomic mass is 9.85. The zero-order valence-electron chi connectivity index (χ0n) is 15.2. The van der Waals surface area contributed by atoms with Crippen LogP contribution in [0.2, 0.25) is 0 Å². The van der Waals surface area contributed by atoms with Crippen molar-refractivity contribution in [2.24, 2.45) is 5.92 Å². The highest BCUT2D eigenvalue weighted by Gasteiger charge is 2.23. The topological polar surface area (TPSA) is 89.8 Å². The molecule has 138 valence electrons. The highest BCUT2D eigenvalue weighted by Crippen LogP contribution is 2.30. The van der Waals surface area contributed by atoms with Gasteiger partial charge in [-0.3, -0.25) is 10.1 Å². The van der Waals surface area contributed by atoms with Gasteiger partial charge in [0.05, 0.1) is 17.5 Å². The van der Waals surface area contributed by atoms with Crippen molar-refractivity contribution in [2.45, 2.75) is 64.0 Å². The summed E-state index contributed by atoms with van der Waals surface area (Å²) in [5.41, 5.74) is 8.41. The van der Waals surface area contributed by atoms with Gasteiger partial charge in [-0.15, -0.1) is 0 Å². The van der Waals surface area contributed by atoms with Crippen molar-refractivity contribution in [3.05, 3.63) is 35.8 Å². The zero-order valence-corrected chi connectivity index (χ0v) is 15.2. The van der Waals surface area contributed by atoms with E-state index in [0.717, 1.165) is 30.9 Å². The zero-order chi connectivity index (χ0) is 17.9. The Morgan fingerprint density at radius 2 is 2.00 bits per heavy atom. The lowest BCUT2D eigenvalue weighted by Gasteiger charge is -2.24. The molecule has 2 fully saturated rings. The molecule has 0 saturated heterocycles. The molecule has 0 spiro atoms. The second-order valence-corrected chi connectivity index (χ2v) is 7.58. The second-order valence-electron chi connectivity index (χ2n) is 7.58. The van der Waals surface area contributed by atoms with Crippen molar-refractivity contribution >= 4 is 11.4 Å². The van der Waals surface area contributed by atoms with E-state index >= 15 is 0 Å². The van der Waals surface area contributed by atoms with Crippen molar-refractivity contribution in [1.82, 2.24) is 14.8 Å². The Hall–Kier alpha value is -2.37. The summed E-state index contributed by atoms with van der Waals surface area (Å²) in [6.07, 6.45) is 15.1. The van der Waals surface area contributed by atoms with Crippen LogP contribution in [0.5, 0.6) is 5.88 Å². The maximum atomic E-state index is 8.67. The van der Waals surface area contributed by atoms with Gasteiger partial charge < -0.3 is 10.5 Å². The van der Waals surface area contributed by atoms with Gasteiger partial charge >= 0.3 is 0 Å². The Bertz CT molecular complexity index is 774. The van der Waals surface area contributed by atoms with Crippen molar-refractivity contribution in [2.75, 3.05) is 5.73 Å². The van der Waals surface area contributed by atoms with Gasteiger partial charge in [-0.25, -0.2) is 4.98 Å². The molecule has 2 aliphatic carbocycles. The summed E-state index contributed by atoms with van der Waals surface area (Å²) in [5, 5.41) is 13.1. The van der Waals surface area contributed by atoms with Crippen LogP contribution in [0.4, 0.5) is 5.69 Å². The predicted octanol–water partition coefficient (Wildman–Crippen LogP) is 3.79. The van der Waals surface area contributed by atoms with Gasteiger partial charge in [0.15, 0.2) is 0 Å². The molecule has 4 rings (SSSR count). The van der Waals surface area contributed by atoms with E-state index in [1.807, 2.05) is 10.9 Å². The largest absolute Gasteiger partial charge is 0.474 e. The van der Waals surface area contributed by atoms with Crippen LogP contribution in [-0.4, -0.2) is 26.6 Å². The number of rotatable bonds is 6. The number of hydrogen-bond acceptors (Lipinski definition) is 5. The summed E-state index contributed by atoms with van der Waals surface area (Å²) in [6, 6.07) is 1.73. The summed E-state index contributed by atoms with van der Waals surface area (Å²) >= 11 is 0. The maximum Gasteiger partial charge on any atom is 0.225 e. The Morgan fingerprint density at radius 3 is 2.73 bits per heavy atom. The van der Waals surface area contributed by atoms with E-state index in [0.29, 0.717) is 22.8 Å². The third kappa shape index (κ3) is 3.59. The van der Waals surface area contributed by atoms with Gasteiger partial charge in [-0.1, -0.05) is 12.8 Å². The van der Waals surface area contributed by atoms with Crippen LogP contribution in [0, 0.1) is 11.3 Å². The maximum absolute atomic E-state index is 8.67. The minimum absolute atomic E-state index is 0.172. The highest BCUT2D eigenvalue weighted by atomic mass is 16.5. The molecule has 2 heterocycles. The van der Waals surface area contributed by atoms with Crippen LogP contribution in [0.15, 0.2) is 24.7 Å². The molecule has 0 aromatic carbocycles. The van der Waals surface area contributed by atoms with Crippen LogP contribution in [0.1, 0.15) is 62.5 Å². The van der Waals surface area contributed by atoms with E-state index in [1.54, 1.807) is 18.5 Å². The van der Waals surface area contributed by atoms with E-state index in [9.17, 15) is 0 Å². The average molecular weight is 353 g/mol. The fourth-order valence-electron chi connectivity index (χ4n) is 3.81. The molecule has 0 unspecified atom stereocenters. The van der Waals surface area contributed by atoms with E-state index in [4.69, 9.17) is 15.9 Å². The van der Waals surface area contributed by atoms with Gasteiger partial charge in [-0.05, 0) is 50.5 Å². The number of nitrogens with two attached hydrogens (primary N) is 1. The first kappa shape index (κ1) is 17.1. The molecule has 6 nitrogen and oxygen atoms in total. The molecule has 0 atom stereocenters. The number of hydrogen-bond donors (Lipinski definition) is 2. The number of nitrogens with zero attached hydrogens (tertiary/aromatic N) is 3.